The smallest absolute Gasteiger partial charge is 0.475 e. The Bertz CT molecular complexity index is 952. The van der Waals surface area contributed by atoms with Crippen molar-refractivity contribution in [2.75, 3.05) is 38.6 Å². The number of nitrogens with zero attached hydrogens (tertiary/aromatic N) is 2. The lowest BCUT2D eigenvalue weighted by Gasteiger charge is -2.27. The Balaban J connectivity index is 0.000000383. The van der Waals surface area contributed by atoms with E-state index < -0.39 is 34.3 Å². The predicted octanol–water partition coefficient (Wildman–Crippen LogP) is 1.74. The van der Waals surface area contributed by atoms with E-state index >= 15 is 0 Å². The third kappa shape index (κ3) is 10.2. The molecule has 206 valence electrons. The number of sulfonamides is 1. The van der Waals surface area contributed by atoms with Crippen LogP contribution in [0.15, 0.2) is 24.5 Å². The maximum absolute atomic E-state index is 11.7. The molecule has 2 atom stereocenters. The average molecular weight is 553 g/mol. The lowest BCUT2D eigenvalue weighted by Crippen LogP contribution is -2.43. The summed E-state index contributed by atoms with van der Waals surface area (Å²) in [5, 5.41) is 14.2. The first-order valence-corrected chi connectivity index (χ1v) is 11.8. The number of rotatable bonds is 6. The van der Waals surface area contributed by atoms with Gasteiger partial charge in [-0.1, -0.05) is 6.07 Å². The quantitative estimate of drug-likeness (QED) is 0.449. The van der Waals surface area contributed by atoms with Gasteiger partial charge in [0.15, 0.2) is 0 Å². The molecule has 1 aromatic heterocycles. The fraction of sp³-hybridized carbons (Fsp3) is 0.632. The molecule has 3 N–H and O–H groups in total. The van der Waals surface area contributed by atoms with Gasteiger partial charge in [-0.15, -0.1) is 0 Å². The van der Waals surface area contributed by atoms with E-state index in [9.17, 15) is 34.8 Å². The Labute approximate surface area is 202 Å². The zero-order valence-corrected chi connectivity index (χ0v) is 19.7. The highest BCUT2D eigenvalue weighted by atomic mass is 32.2. The van der Waals surface area contributed by atoms with Crippen molar-refractivity contribution < 1.29 is 59.3 Å². The maximum atomic E-state index is 11.7. The molecule has 0 unspecified atom stereocenters. The van der Waals surface area contributed by atoms with Crippen LogP contribution in [-0.2, 0) is 30.9 Å². The van der Waals surface area contributed by atoms with Crippen molar-refractivity contribution in [2.24, 2.45) is 11.3 Å². The topological polar surface area (TPSA) is 146 Å². The van der Waals surface area contributed by atoms with Crippen molar-refractivity contribution in [3.05, 3.63) is 30.1 Å². The second-order valence-electron chi connectivity index (χ2n) is 7.94. The highest BCUT2D eigenvalue weighted by Gasteiger charge is 2.50. The summed E-state index contributed by atoms with van der Waals surface area (Å²) in [7, 11) is -3.16. The third-order valence-corrected chi connectivity index (χ3v) is 6.57. The number of carbonyl (C=O) groups is 2. The van der Waals surface area contributed by atoms with Gasteiger partial charge in [0.25, 0.3) is 0 Å². The van der Waals surface area contributed by atoms with Gasteiger partial charge in [0.1, 0.15) is 0 Å². The highest BCUT2D eigenvalue weighted by molar-refractivity contribution is 7.89. The summed E-state index contributed by atoms with van der Waals surface area (Å²) in [6.45, 7) is 6.14. The minimum atomic E-state index is -5.08. The van der Waals surface area contributed by atoms with Crippen LogP contribution in [0.5, 0.6) is 0 Å². The van der Waals surface area contributed by atoms with Gasteiger partial charge in [0.05, 0.1) is 19.0 Å². The lowest BCUT2D eigenvalue weighted by atomic mass is 9.81. The number of halogens is 6. The number of carboxylic acid groups (broad SMARTS) is 2. The fourth-order valence-electron chi connectivity index (χ4n) is 3.42. The normalized spacial score (nSPS) is 22.0. The standard InChI is InChI=1S/C15H23N3O3S.2C2HF3O2/c1-2-22(19,20)17-10-15-11-18(8-14(15)9-21-12-15)7-13-4-3-5-16-6-13;2*3-2(4,5)1(6)7/h3-6,14,17H,2,7-12H2,1H3;2*(H,6,7)/t14-,15+;;/m1../s1. The van der Waals surface area contributed by atoms with Gasteiger partial charge in [-0.2, -0.15) is 26.3 Å². The van der Waals surface area contributed by atoms with E-state index in [0.717, 1.165) is 26.2 Å². The van der Waals surface area contributed by atoms with Gasteiger partial charge in [0.2, 0.25) is 10.0 Å². The van der Waals surface area contributed by atoms with Crippen LogP contribution < -0.4 is 4.72 Å². The zero-order valence-electron chi connectivity index (χ0n) is 18.8. The number of ether oxygens (including phenoxy) is 1. The lowest BCUT2D eigenvalue weighted by molar-refractivity contribution is -0.193. The average Bonchev–Trinajstić information content (AvgIpc) is 3.29. The Hall–Kier alpha value is -2.50. The van der Waals surface area contributed by atoms with Crippen molar-refractivity contribution in [2.45, 2.75) is 25.8 Å². The molecular formula is C19H25F6N3O7S. The molecule has 0 amide bonds. The molecule has 1 aromatic rings. The molecule has 2 aliphatic rings. The van der Waals surface area contributed by atoms with Crippen molar-refractivity contribution in [3.8, 4) is 0 Å². The maximum Gasteiger partial charge on any atom is 0.490 e. The van der Waals surface area contributed by atoms with Crippen molar-refractivity contribution in [1.82, 2.24) is 14.6 Å². The molecule has 3 heterocycles. The molecule has 3 rings (SSSR count). The van der Waals surface area contributed by atoms with Crippen LogP contribution in [0.2, 0.25) is 0 Å². The Morgan fingerprint density at radius 3 is 2.19 bits per heavy atom. The minimum absolute atomic E-state index is 0.0928. The van der Waals surface area contributed by atoms with Crippen molar-refractivity contribution in [3.63, 3.8) is 0 Å². The van der Waals surface area contributed by atoms with Crippen LogP contribution in [-0.4, -0.2) is 91.4 Å². The molecule has 2 saturated heterocycles. The van der Waals surface area contributed by atoms with E-state index in [4.69, 9.17) is 24.5 Å². The number of likely N-dealkylation sites (tertiary alicyclic amines) is 1. The van der Waals surface area contributed by atoms with Crippen LogP contribution in [0.3, 0.4) is 0 Å². The van der Waals surface area contributed by atoms with Crippen LogP contribution in [0, 0.1) is 11.3 Å². The molecule has 0 radical (unpaired) electrons. The number of aliphatic carboxylic acids is 2. The summed E-state index contributed by atoms with van der Waals surface area (Å²) in [6, 6.07) is 4.02. The number of hydrogen-bond donors (Lipinski definition) is 3. The zero-order chi connectivity index (χ0) is 27.8. The number of alkyl halides is 6. The molecule has 2 fully saturated rings. The first kappa shape index (κ1) is 31.5. The fourth-order valence-corrected chi connectivity index (χ4v) is 4.13. The first-order valence-electron chi connectivity index (χ1n) is 10.2. The molecule has 0 saturated carbocycles. The van der Waals surface area contributed by atoms with Crippen LogP contribution in [0.25, 0.3) is 0 Å². The second kappa shape index (κ2) is 12.6. The van der Waals surface area contributed by atoms with Gasteiger partial charge < -0.3 is 14.9 Å². The van der Waals surface area contributed by atoms with Crippen molar-refractivity contribution in [1.29, 1.82) is 0 Å². The first-order chi connectivity index (χ1) is 16.4. The van der Waals surface area contributed by atoms with Crippen LogP contribution >= 0.6 is 0 Å². The predicted molar refractivity (Wildman–Crippen MR) is 111 cm³/mol. The van der Waals surface area contributed by atoms with Crippen molar-refractivity contribution >= 4 is 22.0 Å². The summed E-state index contributed by atoms with van der Waals surface area (Å²) in [6.07, 6.45) is -6.51. The molecule has 0 spiro atoms. The monoisotopic (exact) mass is 553 g/mol. The summed E-state index contributed by atoms with van der Waals surface area (Å²) < 4.78 is 95.3. The van der Waals surface area contributed by atoms with E-state index in [1.165, 1.54) is 5.56 Å². The Morgan fingerprint density at radius 2 is 1.75 bits per heavy atom. The SMILES string of the molecule is CCS(=O)(=O)NC[C@]12COC[C@H]1CN(Cc1cccnc1)C2.O=C(O)C(F)(F)F.O=C(O)C(F)(F)F. The van der Waals surface area contributed by atoms with Gasteiger partial charge in [-0.05, 0) is 18.6 Å². The molecular weight excluding hydrogens is 528 g/mol. The number of carboxylic acids is 2. The Kier molecular flexibility index (Phi) is 11.1. The van der Waals surface area contributed by atoms with E-state index in [-0.39, 0.29) is 11.2 Å². The molecule has 17 heteroatoms. The van der Waals surface area contributed by atoms with E-state index in [0.29, 0.717) is 19.1 Å². The summed E-state index contributed by atoms with van der Waals surface area (Å²) >= 11 is 0. The third-order valence-electron chi connectivity index (χ3n) is 5.23. The van der Waals surface area contributed by atoms with Crippen LogP contribution in [0.1, 0.15) is 12.5 Å². The number of aromatic nitrogens is 1. The molecule has 0 aromatic carbocycles. The minimum Gasteiger partial charge on any atom is -0.475 e. The Morgan fingerprint density at radius 1 is 1.19 bits per heavy atom. The van der Waals surface area contributed by atoms with E-state index in [2.05, 4.69) is 20.7 Å². The highest BCUT2D eigenvalue weighted by Crippen LogP contribution is 2.41. The number of hydrogen-bond acceptors (Lipinski definition) is 7. The molecule has 10 nitrogen and oxygen atoms in total. The largest absolute Gasteiger partial charge is 0.490 e. The molecule has 36 heavy (non-hydrogen) atoms. The number of nitrogens with one attached hydrogen (secondary N) is 1. The van der Waals surface area contributed by atoms with Gasteiger partial charge in [-0.3, -0.25) is 9.88 Å². The van der Waals surface area contributed by atoms with E-state index in [1.807, 2.05) is 12.3 Å². The van der Waals surface area contributed by atoms with Gasteiger partial charge >= 0.3 is 24.3 Å². The second-order valence-corrected chi connectivity index (χ2v) is 10.0. The molecule has 0 bridgehead atoms. The van der Waals surface area contributed by atoms with Gasteiger partial charge in [-0.25, -0.2) is 22.7 Å². The van der Waals surface area contributed by atoms with Crippen LogP contribution in [0.4, 0.5) is 26.3 Å². The van der Waals surface area contributed by atoms with E-state index in [1.54, 1.807) is 13.1 Å². The summed E-state index contributed by atoms with van der Waals surface area (Å²) in [5.41, 5.74) is 1.09. The molecule has 0 aliphatic carbocycles. The summed E-state index contributed by atoms with van der Waals surface area (Å²) in [4.78, 5) is 24.3. The molecule has 2 aliphatic heterocycles. The van der Waals surface area contributed by atoms with Gasteiger partial charge in [0, 0.05) is 49.9 Å². The summed E-state index contributed by atoms with van der Waals surface area (Å²) in [5.74, 6) is -5.00. The number of pyridine rings is 1. The number of fused-ring (bicyclic) bond motifs is 1.